The number of anilines is 1. The highest BCUT2D eigenvalue weighted by Gasteiger charge is 2.34. The quantitative estimate of drug-likeness (QED) is 0.255. The summed E-state index contributed by atoms with van der Waals surface area (Å²) < 4.78 is 29.1. The smallest absolute Gasteiger partial charge is 0.264 e. The number of hydrogen-bond donors (Lipinski definition) is 1. The van der Waals surface area contributed by atoms with E-state index in [0.717, 1.165) is 9.87 Å². The Morgan fingerprint density at radius 2 is 1.51 bits per heavy atom. The van der Waals surface area contributed by atoms with Crippen LogP contribution in [-0.4, -0.2) is 44.3 Å². The third-order valence-corrected chi connectivity index (χ3v) is 9.21. The Balaban J connectivity index is 2.10. The molecule has 3 aromatic carbocycles. The molecule has 0 aliphatic heterocycles. The Morgan fingerprint density at radius 3 is 2.07 bits per heavy atom. The number of sulfonamides is 1. The minimum Gasteiger partial charge on any atom is -0.354 e. The highest BCUT2D eigenvalue weighted by atomic mass is 35.5. The number of carbonyl (C=O) groups excluding carboxylic acids is 2. The summed E-state index contributed by atoms with van der Waals surface area (Å²) in [5.74, 6) is -0.692. The van der Waals surface area contributed by atoms with Gasteiger partial charge in [-0.3, -0.25) is 13.9 Å². The normalized spacial score (nSPS) is 12.2. The van der Waals surface area contributed by atoms with Crippen LogP contribution in [0.1, 0.15) is 43.9 Å². The average Bonchev–Trinajstić information content (AvgIpc) is 2.92. The molecule has 0 aliphatic rings. The van der Waals surface area contributed by atoms with Crippen molar-refractivity contribution in [2.45, 2.75) is 58.5 Å². The lowest BCUT2D eigenvalue weighted by Crippen LogP contribution is -2.52. The first kappa shape index (κ1) is 32.4. The number of benzene rings is 3. The number of nitrogens with zero attached hydrogens (tertiary/aromatic N) is 2. The largest absolute Gasteiger partial charge is 0.354 e. The molecule has 3 rings (SSSR count). The Hall–Kier alpha value is -3.07. The maximum Gasteiger partial charge on any atom is 0.264 e. The van der Waals surface area contributed by atoms with E-state index in [1.807, 2.05) is 20.8 Å². The predicted octanol–water partition coefficient (Wildman–Crippen LogP) is 6.39. The molecule has 0 aliphatic carbocycles. The van der Waals surface area contributed by atoms with Gasteiger partial charge in [-0.05, 0) is 62.1 Å². The highest BCUT2D eigenvalue weighted by Crippen LogP contribution is 2.30. The Bertz CT molecular complexity index is 1460. The van der Waals surface area contributed by atoms with Gasteiger partial charge in [-0.2, -0.15) is 0 Å². The maximum atomic E-state index is 14.2. The summed E-state index contributed by atoms with van der Waals surface area (Å²) in [6.07, 6.45) is 0.298. The van der Waals surface area contributed by atoms with E-state index in [1.165, 1.54) is 17.0 Å². The molecule has 0 unspecified atom stereocenters. The van der Waals surface area contributed by atoms with Gasteiger partial charge < -0.3 is 10.2 Å². The second kappa shape index (κ2) is 14.2. The molecular weight excluding hydrogens is 581 g/mol. The molecule has 7 nitrogen and oxygen atoms in total. The van der Waals surface area contributed by atoms with Crippen molar-refractivity contribution in [1.82, 2.24) is 10.2 Å². The number of rotatable bonds is 12. The zero-order valence-corrected chi connectivity index (χ0v) is 26.4. The number of nitrogens with one attached hydrogen (secondary N) is 1. The summed E-state index contributed by atoms with van der Waals surface area (Å²) >= 11 is 12.9. The topological polar surface area (TPSA) is 86.8 Å². The lowest BCUT2D eigenvalue weighted by Gasteiger charge is -2.34. The zero-order chi connectivity index (χ0) is 30.3. The van der Waals surface area contributed by atoms with Gasteiger partial charge in [0.1, 0.15) is 12.6 Å². The number of amides is 2. The molecule has 1 N–H and O–H groups in total. The van der Waals surface area contributed by atoms with Gasteiger partial charge in [-0.25, -0.2) is 8.42 Å². The molecule has 0 fully saturated rings. The van der Waals surface area contributed by atoms with Crippen molar-refractivity contribution in [3.05, 3.63) is 93.5 Å². The summed E-state index contributed by atoms with van der Waals surface area (Å²) in [6.45, 7) is 9.23. The van der Waals surface area contributed by atoms with Crippen LogP contribution in [0.15, 0.2) is 71.6 Å². The number of halogens is 2. The van der Waals surface area contributed by atoms with Crippen molar-refractivity contribution in [2.24, 2.45) is 5.92 Å². The summed E-state index contributed by atoms with van der Waals surface area (Å²) in [5, 5.41) is 3.59. The van der Waals surface area contributed by atoms with E-state index in [0.29, 0.717) is 39.8 Å². The second-order valence-electron chi connectivity index (χ2n) is 10.4. The van der Waals surface area contributed by atoms with Crippen LogP contribution in [0.3, 0.4) is 0 Å². The number of aryl methyl sites for hydroxylation is 2. The highest BCUT2D eigenvalue weighted by molar-refractivity contribution is 7.92. The van der Waals surface area contributed by atoms with Gasteiger partial charge in [-0.15, -0.1) is 0 Å². The van der Waals surface area contributed by atoms with E-state index in [2.05, 4.69) is 5.32 Å². The minimum atomic E-state index is -4.15. The van der Waals surface area contributed by atoms with Gasteiger partial charge in [0.2, 0.25) is 11.8 Å². The van der Waals surface area contributed by atoms with E-state index in [1.54, 1.807) is 68.4 Å². The molecule has 1 atom stereocenters. The van der Waals surface area contributed by atoms with Crippen molar-refractivity contribution in [3.8, 4) is 0 Å². The summed E-state index contributed by atoms with van der Waals surface area (Å²) in [5.41, 5.74) is 2.43. The third kappa shape index (κ3) is 8.03. The van der Waals surface area contributed by atoms with Crippen molar-refractivity contribution < 1.29 is 18.0 Å². The van der Waals surface area contributed by atoms with Crippen molar-refractivity contribution in [2.75, 3.05) is 17.4 Å². The standard InChI is InChI=1S/C31H37Cl2N3O4S/c1-6-28(31(38)34-18-21(2)3)35(19-25-26(32)11-9-12-27(25)33)30(37)20-36(29-13-8-7-10-23(29)5)41(39,40)24-16-14-22(4)15-17-24/h7-17,21,28H,6,18-20H2,1-5H3,(H,34,38)/t28-/m1/s1. The number of para-hydroxylation sites is 1. The molecule has 220 valence electrons. The molecule has 0 bridgehead atoms. The van der Waals surface area contributed by atoms with Crippen LogP contribution in [0.2, 0.25) is 10.0 Å². The molecule has 0 heterocycles. The second-order valence-corrected chi connectivity index (χ2v) is 13.1. The minimum absolute atomic E-state index is 0.0570. The SMILES string of the molecule is CC[C@H](C(=O)NCC(C)C)N(Cc1c(Cl)cccc1Cl)C(=O)CN(c1ccccc1C)S(=O)(=O)c1ccc(C)cc1. The summed E-state index contributed by atoms with van der Waals surface area (Å²) in [7, 11) is -4.15. The first-order valence-electron chi connectivity index (χ1n) is 13.5. The molecule has 3 aromatic rings. The van der Waals surface area contributed by atoms with Gasteiger partial charge in [-0.1, -0.05) is 85.9 Å². The van der Waals surface area contributed by atoms with Gasteiger partial charge in [0.15, 0.2) is 0 Å². The molecule has 0 spiro atoms. The molecule has 0 saturated carbocycles. The van der Waals surface area contributed by atoms with Crippen LogP contribution >= 0.6 is 23.2 Å². The van der Waals surface area contributed by atoms with E-state index in [4.69, 9.17) is 23.2 Å². The molecule has 41 heavy (non-hydrogen) atoms. The summed E-state index contributed by atoms with van der Waals surface area (Å²) in [4.78, 5) is 29.0. The van der Waals surface area contributed by atoms with Crippen molar-refractivity contribution in [1.29, 1.82) is 0 Å². The monoisotopic (exact) mass is 617 g/mol. The fraction of sp³-hybridized carbons (Fsp3) is 0.355. The fourth-order valence-corrected chi connectivity index (χ4v) is 6.39. The third-order valence-electron chi connectivity index (χ3n) is 6.73. The first-order valence-corrected chi connectivity index (χ1v) is 15.7. The van der Waals surface area contributed by atoms with E-state index in [9.17, 15) is 18.0 Å². The van der Waals surface area contributed by atoms with Crippen LogP contribution in [-0.2, 0) is 26.2 Å². The molecular formula is C31H37Cl2N3O4S. The average molecular weight is 619 g/mol. The summed E-state index contributed by atoms with van der Waals surface area (Å²) in [6, 6.07) is 17.6. The fourth-order valence-electron chi connectivity index (χ4n) is 4.39. The van der Waals surface area contributed by atoms with Gasteiger partial charge in [0, 0.05) is 28.7 Å². The molecule has 0 radical (unpaired) electrons. The predicted molar refractivity (Wildman–Crippen MR) is 166 cm³/mol. The van der Waals surface area contributed by atoms with Gasteiger partial charge in [0.25, 0.3) is 10.0 Å². The maximum absolute atomic E-state index is 14.2. The Labute approximate surface area is 253 Å². The van der Waals surface area contributed by atoms with Crippen LogP contribution < -0.4 is 9.62 Å². The van der Waals surface area contributed by atoms with Crippen LogP contribution in [0.5, 0.6) is 0 Å². The molecule has 0 aromatic heterocycles. The van der Waals surface area contributed by atoms with Gasteiger partial charge in [0.05, 0.1) is 10.6 Å². The lowest BCUT2D eigenvalue weighted by atomic mass is 10.1. The van der Waals surface area contributed by atoms with Crippen LogP contribution in [0.4, 0.5) is 5.69 Å². The number of carbonyl (C=O) groups is 2. The van der Waals surface area contributed by atoms with Gasteiger partial charge >= 0.3 is 0 Å². The Kier molecular flexibility index (Phi) is 11.2. The van der Waals surface area contributed by atoms with Crippen LogP contribution in [0.25, 0.3) is 0 Å². The molecule has 10 heteroatoms. The van der Waals surface area contributed by atoms with E-state index in [-0.39, 0.29) is 23.3 Å². The zero-order valence-electron chi connectivity index (χ0n) is 24.0. The Morgan fingerprint density at radius 1 is 0.902 bits per heavy atom. The van der Waals surface area contributed by atoms with Crippen molar-refractivity contribution in [3.63, 3.8) is 0 Å². The first-order chi connectivity index (χ1) is 19.4. The number of hydrogen-bond acceptors (Lipinski definition) is 4. The molecule has 0 saturated heterocycles. The molecule has 2 amide bonds. The van der Waals surface area contributed by atoms with Crippen molar-refractivity contribution >= 4 is 50.7 Å². The van der Waals surface area contributed by atoms with Crippen LogP contribution in [0, 0.1) is 19.8 Å². The van der Waals surface area contributed by atoms with E-state index < -0.39 is 28.5 Å². The van der Waals surface area contributed by atoms with E-state index >= 15 is 0 Å². The lowest BCUT2D eigenvalue weighted by molar-refractivity contribution is -0.140.